The first-order chi connectivity index (χ1) is 7.86. The Hall–Kier alpha value is -0.860. The van der Waals surface area contributed by atoms with Crippen LogP contribution in [-0.2, 0) is 13.0 Å². The molecule has 0 saturated heterocycles. The van der Waals surface area contributed by atoms with E-state index in [4.69, 9.17) is 0 Å². The summed E-state index contributed by atoms with van der Waals surface area (Å²) in [5, 5.41) is 4.94. The molecule has 16 heavy (non-hydrogen) atoms. The van der Waals surface area contributed by atoms with E-state index in [2.05, 4.69) is 43.4 Å². The fraction of sp³-hybridized carbons (Fsp3) is 0.429. The van der Waals surface area contributed by atoms with Gasteiger partial charge in [0, 0.05) is 16.1 Å². The van der Waals surface area contributed by atoms with Crippen molar-refractivity contribution in [3.63, 3.8) is 0 Å². The van der Waals surface area contributed by atoms with Crippen LogP contribution in [0.15, 0.2) is 24.3 Å². The van der Waals surface area contributed by atoms with E-state index in [9.17, 15) is 0 Å². The van der Waals surface area contributed by atoms with Crippen molar-refractivity contribution in [3.05, 3.63) is 34.7 Å². The van der Waals surface area contributed by atoms with Crippen molar-refractivity contribution >= 4 is 21.4 Å². The van der Waals surface area contributed by atoms with E-state index in [1.54, 1.807) is 0 Å². The van der Waals surface area contributed by atoms with E-state index in [0.717, 1.165) is 19.5 Å². The number of thiophene rings is 1. The molecule has 1 aromatic carbocycles. The molecule has 1 nitrogen and oxygen atoms in total. The number of hydrogen-bond acceptors (Lipinski definition) is 2. The SMILES string of the molecule is CCCNCc1sc2ccccc2c1CC. The summed E-state index contributed by atoms with van der Waals surface area (Å²) in [7, 11) is 0. The largest absolute Gasteiger partial charge is 0.312 e. The molecule has 0 atom stereocenters. The average molecular weight is 233 g/mol. The van der Waals surface area contributed by atoms with Crippen LogP contribution in [0.2, 0.25) is 0 Å². The Balaban J connectivity index is 2.29. The average Bonchev–Trinajstić information content (AvgIpc) is 2.67. The van der Waals surface area contributed by atoms with Crippen LogP contribution in [0.3, 0.4) is 0 Å². The molecule has 0 radical (unpaired) electrons. The van der Waals surface area contributed by atoms with E-state index < -0.39 is 0 Å². The molecule has 2 heteroatoms. The minimum Gasteiger partial charge on any atom is -0.312 e. The Morgan fingerprint density at radius 3 is 2.75 bits per heavy atom. The minimum atomic E-state index is 1.02. The lowest BCUT2D eigenvalue weighted by Crippen LogP contribution is -2.13. The lowest BCUT2D eigenvalue weighted by atomic mass is 10.1. The third-order valence-electron chi connectivity index (χ3n) is 2.85. The highest BCUT2D eigenvalue weighted by Crippen LogP contribution is 2.31. The maximum absolute atomic E-state index is 3.50. The molecular weight excluding hydrogens is 214 g/mol. The Bertz CT molecular complexity index is 459. The van der Waals surface area contributed by atoms with Gasteiger partial charge in [-0.05, 0) is 36.4 Å². The number of benzene rings is 1. The third-order valence-corrected chi connectivity index (χ3v) is 4.06. The molecule has 2 rings (SSSR count). The number of rotatable bonds is 5. The van der Waals surface area contributed by atoms with Gasteiger partial charge in [0.15, 0.2) is 0 Å². The number of hydrogen-bond donors (Lipinski definition) is 1. The lowest BCUT2D eigenvalue weighted by Gasteiger charge is -2.03. The fourth-order valence-corrected chi connectivity index (χ4v) is 3.32. The highest BCUT2D eigenvalue weighted by atomic mass is 32.1. The molecule has 1 heterocycles. The smallest absolute Gasteiger partial charge is 0.0349 e. The maximum atomic E-state index is 3.50. The van der Waals surface area contributed by atoms with Crippen LogP contribution in [0.5, 0.6) is 0 Å². The van der Waals surface area contributed by atoms with E-state index in [-0.39, 0.29) is 0 Å². The summed E-state index contributed by atoms with van der Waals surface area (Å²) >= 11 is 1.94. The van der Waals surface area contributed by atoms with Crippen molar-refractivity contribution in [2.75, 3.05) is 6.54 Å². The van der Waals surface area contributed by atoms with Gasteiger partial charge in [0.05, 0.1) is 0 Å². The molecule has 0 saturated carbocycles. The molecule has 0 unspecified atom stereocenters. The zero-order chi connectivity index (χ0) is 11.4. The molecule has 0 aliphatic carbocycles. The molecule has 0 bridgehead atoms. The van der Waals surface area contributed by atoms with Gasteiger partial charge < -0.3 is 5.32 Å². The maximum Gasteiger partial charge on any atom is 0.0349 e. The number of fused-ring (bicyclic) bond motifs is 1. The van der Waals surface area contributed by atoms with Crippen LogP contribution in [0.25, 0.3) is 10.1 Å². The lowest BCUT2D eigenvalue weighted by molar-refractivity contribution is 0.679. The van der Waals surface area contributed by atoms with Crippen LogP contribution < -0.4 is 5.32 Å². The first kappa shape index (κ1) is 11.6. The van der Waals surface area contributed by atoms with Gasteiger partial charge in [0.2, 0.25) is 0 Å². The van der Waals surface area contributed by atoms with Crippen LogP contribution in [0.1, 0.15) is 30.7 Å². The predicted molar refractivity (Wildman–Crippen MR) is 73.2 cm³/mol. The molecule has 0 amide bonds. The molecule has 1 N–H and O–H groups in total. The second-order valence-corrected chi connectivity index (χ2v) is 5.17. The van der Waals surface area contributed by atoms with Crippen molar-refractivity contribution in [1.82, 2.24) is 5.32 Å². The van der Waals surface area contributed by atoms with Crippen LogP contribution in [0.4, 0.5) is 0 Å². The van der Waals surface area contributed by atoms with E-state index >= 15 is 0 Å². The number of nitrogens with one attached hydrogen (secondary N) is 1. The van der Waals surface area contributed by atoms with Crippen molar-refractivity contribution < 1.29 is 0 Å². The monoisotopic (exact) mass is 233 g/mol. The molecule has 0 spiro atoms. The third kappa shape index (κ3) is 2.28. The highest BCUT2D eigenvalue weighted by Gasteiger charge is 2.09. The standard InChI is InChI=1S/C14H19NS/c1-3-9-15-10-14-11(4-2)12-7-5-6-8-13(12)16-14/h5-8,15H,3-4,9-10H2,1-2H3. The van der Waals surface area contributed by atoms with Crippen molar-refractivity contribution in [2.45, 2.75) is 33.2 Å². The molecule has 86 valence electrons. The minimum absolute atomic E-state index is 1.02. The van der Waals surface area contributed by atoms with Crippen molar-refractivity contribution in [2.24, 2.45) is 0 Å². The van der Waals surface area contributed by atoms with E-state index in [1.807, 2.05) is 11.3 Å². The fourth-order valence-electron chi connectivity index (χ4n) is 2.06. The van der Waals surface area contributed by atoms with Gasteiger partial charge in [-0.15, -0.1) is 11.3 Å². The van der Waals surface area contributed by atoms with Gasteiger partial charge in [-0.25, -0.2) is 0 Å². The zero-order valence-corrected chi connectivity index (χ0v) is 10.9. The van der Waals surface area contributed by atoms with Gasteiger partial charge in [-0.3, -0.25) is 0 Å². The van der Waals surface area contributed by atoms with Gasteiger partial charge in [0.25, 0.3) is 0 Å². The highest BCUT2D eigenvalue weighted by molar-refractivity contribution is 7.19. The van der Waals surface area contributed by atoms with E-state index in [0.29, 0.717) is 0 Å². The Morgan fingerprint density at radius 1 is 1.19 bits per heavy atom. The first-order valence-electron chi connectivity index (χ1n) is 6.06. The van der Waals surface area contributed by atoms with Gasteiger partial charge in [0.1, 0.15) is 0 Å². The Morgan fingerprint density at radius 2 is 2.00 bits per heavy atom. The molecular formula is C14H19NS. The molecule has 1 aromatic heterocycles. The quantitative estimate of drug-likeness (QED) is 0.771. The van der Waals surface area contributed by atoms with Gasteiger partial charge in [-0.1, -0.05) is 32.0 Å². The van der Waals surface area contributed by atoms with Crippen molar-refractivity contribution in [3.8, 4) is 0 Å². The summed E-state index contributed by atoms with van der Waals surface area (Å²) in [5.74, 6) is 0. The summed E-state index contributed by atoms with van der Waals surface area (Å²) in [6.45, 7) is 6.59. The van der Waals surface area contributed by atoms with Gasteiger partial charge in [-0.2, -0.15) is 0 Å². The van der Waals surface area contributed by atoms with Crippen molar-refractivity contribution in [1.29, 1.82) is 0 Å². The van der Waals surface area contributed by atoms with E-state index in [1.165, 1.54) is 26.9 Å². The molecule has 2 aromatic rings. The zero-order valence-electron chi connectivity index (χ0n) is 10.0. The normalized spacial score (nSPS) is 11.1. The summed E-state index contributed by atoms with van der Waals surface area (Å²) in [6.07, 6.45) is 2.33. The summed E-state index contributed by atoms with van der Waals surface area (Å²) in [6, 6.07) is 8.73. The van der Waals surface area contributed by atoms with Crippen LogP contribution in [0, 0.1) is 0 Å². The molecule has 0 fully saturated rings. The Kier molecular flexibility index (Phi) is 3.97. The second-order valence-electron chi connectivity index (χ2n) is 4.03. The van der Waals surface area contributed by atoms with Crippen LogP contribution >= 0.6 is 11.3 Å². The Labute approximate surface area is 101 Å². The second kappa shape index (κ2) is 5.46. The predicted octanol–water partition coefficient (Wildman–Crippen LogP) is 3.96. The first-order valence-corrected chi connectivity index (χ1v) is 6.88. The molecule has 0 aliphatic heterocycles. The summed E-state index contributed by atoms with van der Waals surface area (Å²) in [5.41, 5.74) is 1.53. The molecule has 0 aliphatic rings. The summed E-state index contributed by atoms with van der Waals surface area (Å²) in [4.78, 5) is 1.51. The topological polar surface area (TPSA) is 12.0 Å². The summed E-state index contributed by atoms with van der Waals surface area (Å²) < 4.78 is 1.42. The van der Waals surface area contributed by atoms with Crippen LogP contribution in [-0.4, -0.2) is 6.54 Å². The number of aryl methyl sites for hydroxylation is 1. The van der Waals surface area contributed by atoms with Gasteiger partial charge >= 0.3 is 0 Å².